The summed E-state index contributed by atoms with van der Waals surface area (Å²) in [6, 6.07) is 3.66. The van der Waals surface area contributed by atoms with E-state index in [9.17, 15) is 4.79 Å². The monoisotopic (exact) mass is 405 g/mol. The summed E-state index contributed by atoms with van der Waals surface area (Å²) in [6.45, 7) is 0. The molecule has 3 aromatic heterocycles. The third-order valence-corrected chi connectivity index (χ3v) is 5.08. The number of hydrogen-bond acceptors (Lipinski definition) is 4. The number of carbonyl (C=O) groups is 1. The average molecular weight is 404 g/mol. The van der Waals surface area contributed by atoms with Gasteiger partial charge in [0, 0.05) is 30.9 Å². The number of nitrogens with zero attached hydrogens (tertiary/aromatic N) is 4. The van der Waals surface area contributed by atoms with Crippen molar-refractivity contribution >= 4 is 95.1 Å². The zero-order valence-corrected chi connectivity index (χ0v) is 17.2. The van der Waals surface area contributed by atoms with Gasteiger partial charge in [0.25, 0.3) is 0 Å². The van der Waals surface area contributed by atoms with E-state index in [-0.39, 0.29) is 27.3 Å². The molecule has 1 N–H and O–H groups in total. The Bertz CT molecular complexity index is 1370. The molecule has 0 atom stereocenters. The Labute approximate surface area is 192 Å². The van der Waals surface area contributed by atoms with Crippen LogP contribution in [0.25, 0.3) is 28.2 Å². The van der Waals surface area contributed by atoms with E-state index in [2.05, 4.69) is 20.3 Å². The second-order valence-corrected chi connectivity index (χ2v) is 7.18. The first-order valence-corrected chi connectivity index (χ1v) is 9.49. The van der Waals surface area contributed by atoms with Gasteiger partial charge in [0.05, 0.1) is 23.9 Å². The fourth-order valence-corrected chi connectivity index (χ4v) is 3.23. The number of fused-ring (bicyclic) bond motifs is 1. The predicted molar refractivity (Wildman–Crippen MR) is 133 cm³/mol. The van der Waals surface area contributed by atoms with Crippen LogP contribution in [0.4, 0.5) is 5.82 Å². The predicted octanol–water partition coefficient (Wildman–Crippen LogP) is -2.35. The highest BCUT2D eigenvalue weighted by Crippen LogP contribution is 2.22. The van der Waals surface area contributed by atoms with Gasteiger partial charge >= 0.3 is 0 Å². The number of rotatable bonds is 4. The lowest BCUT2D eigenvalue weighted by atomic mass is 9.60. The molecule has 142 valence electrons. The molecule has 0 aliphatic heterocycles. The van der Waals surface area contributed by atoms with Crippen molar-refractivity contribution in [3.05, 3.63) is 48.7 Å². The van der Waals surface area contributed by atoms with Crippen molar-refractivity contribution in [3.8, 4) is 11.4 Å². The lowest BCUT2D eigenvalue weighted by molar-refractivity contribution is -0.111. The molecular weight excluding hydrogens is 392 g/mol. The zero-order valence-electron chi connectivity index (χ0n) is 17.2. The van der Waals surface area contributed by atoms with Crippen LogP contribution in [0.5, 0.6) is 0 Å². The Morgan fingerprint density at radius 2 is 1.56 bits per heavy atom. The molecule has 4 rings (SSSR count). The second-order valence-electron chi connectivity index (χ2n) is 7.18. The Morgan fingerprint density at radius 1 is 0.906 bits per heavy atom. The quantitative estimate of drug-likeness (QED) is 0.306. The van der Waals surface area contributed by atoms with E-state index in [1.54, 1.807) is 31.0 Å². The minimum atomic E-state index is -0.439. The number of aromatic nitrogens is 4. The Hall–Kier alpha value is -3.48. The van der Waals surface area contributed by atoms with Gasteiger partial charge in [-0.05, 0) is 23.1 Å². The van der Waals surface area contributed by atoms with E-state index in [0.717, 1.165) is 22.2 Å². The van der Waals surface area contributed by atoms with E-state index < -0.39 is 5.91 Å². The first-order valence-electron chi connectivity index (χ1n) is 9.49. The summed E-state index contributed by atoms with van der Waals surface area (Å²) < 4.78 is 1.87. The van der Waals surface area contributed by atoms with Crippen LogP contribution in [-0.4, -0.2) is 64.7 Å². The van der Waals surface area contributed by atoms with Crippen molar-refractivity contribution in [2.75, 3.05) is 5.32 Å². The number of imidazole rings is 1. The average Bonchev–Trinajstić information content (AvgIpc) is 3.21. The van der Waals surface area contributed by atoms with Gasteiger partial charge in [-0.15, -0.1) is 16.4 Å². The smallest absolute Gasteiger partial charge is 0.249 e. The number of benzene rings is 1. The molecule has 0 aliphatic carbocycles. The number of aryl methyl sites for hydroxylation is 1. The number of nitrogens with one attached hydrogen (secondary N) is 1. The lowest BCUT2D eigenvalue weighted by Crippen LogP contribution is -2.55. The molecule has 6 nitrogen and oxygen atoms in total. The summed E-state index contributed by atoms with van der Waals surface area (Å²) in [7, 11) is 31.3. The SMILES string of the molecule is [B]c1c([B])c([B])c(/C=C/C(=O)Nc2cc3cc(-c4cncn4C)ncc3cn2)c([B])c1[B]. The molecule has 1 amide bonds. The van der Waals surface area contributed by atoms with Gasteiger partial charge in [0.2, 0.25) is 5.91 Å². The van der Waals surface area contributed by atoms with Crippen LogP contribution in [0.15, 0.2) is 43.1 Å². The molecule has 11 heteroatoms. The van der Waals surface area contributed by atoms with Crippen molar-refractivity contribution in [3.63, 3.8) is 0 Å². The molecule has 1 aromatic carbocycles. The first kappa shape index (κ1) is 21.7. The molecule has 0 unspecified atom stereocenters. The minimum absolute atomic E-state index is 0.113. The summed E-state index contributed by atoms with van der Waals surface area (Å²) in [5.74, 6) is -0.0721. The van der Waals surface area contributed by atoms with Gasteiger partial charge in [0.1, 0.15) is 45.0 Å². The van der Waals surface area contributed by atoms with E-state index in [1.807, 2.05) is 17.7 Å². The van der Waals surface area contributed by atoms with Crippen molar-refractivity contribution in [2.45, 2.75) is 0 Å². The largest absolute Gasteiger partial charge is 0.332 e. The third-order valence-electron chi connectivity index (χ3n) is 5.08. The molecule has 4 aromatic rings. The van der Waals surface area contributed by atoms with E-state index in [0.29, 0.717) is 11.4 Å². The van der Waals surface area contributed by atoms with Crippen LogP contribution < -0.4 is 32.6 Å². The summed E-state index contributed by atoms with van der Waals surface area (Å²) in [5, 5.41) is 4.40. The number of anilines is 1. The van der Waals surface area contributed by atoms with Crippen LogP contribution in [0.1, 0.15) is 5.56 Å². The molecule has 0 saturated heterocycles. The molecule has 0 spiro atoms. The summed E-state index contributed by atoms with van der Waals surface area (Å²) in [5.41, 5.74) is 2.59. The Morgan fingerprint density at radius 3 is 2.22 bits per heavy atom. The summed E-state index contributed by atoms with van der Waals surface area (Å²) in [6.07, 6.45) is 9.47. The Balaban J connectivity index is 1.58. The number of hydrogen-bond donors (Lipinski definition) is 1. The normalized spacial score (nSPS) is 11.3. The van der Waals surface area contributed by atoms with Gasteiger partial charge < -0.3 is 9.88 Å². The lowest BCUT2D eigenvalue weighted by Gasteiger charge is -2.18. The molecule has 32 heavy (non-hydrogen) atoms. The number of carbonyl (C=O) groups excluding carboxylic acids is 1. The third kappa shape index (κ3) is 4.02. The van der Waals surface area contributed by atoms with E-state index in [1.165, 1.54) is 12.2 Å². The van der Waals surface area contributed by atoms with Gasteiger partial charge in [0.15, 0.2) is 0 Å². The Kier molecular flexibility index (Phi) is 5.83. The standard InChI is InChI=1S/C21H12B5N5O/c1-31-9-27-8-14(31)13-4-10-5-15(29-7-11(10)6-28-13)30-16(32)3-2-12-17(22)19(24)21(26)20(25)18(12)23/h2-9H,1H3,(H,29,30,32)/b3-2+. The topological polar surface area (TPSA) is 72.7 Å². The van der Waals surface area contributed by atoms with Crippen LogP contribution >= 0.6 is 0 Å². The summed E-state index contributed by atoms with van der Waals surface area (Å²) in [4.78, 5) is 25.3. The van der Waals surface area contributed by atoms with Gasteiger partial charge in [-0.3, -0.25) is 9.78 Å². The highest BCUT2D eigenvalue weighted by Gasteiger charge is 2.10. The molecule has 0 bridgehead atoms. The van der Waals surface area contributed by atoms with Gasteiger partial charge in [-0.1, -0.05) is 17.0 Å². The summed E-state index contributed by atoms with van der Waals surface area (Å²) >= 11 is 0. The zero-order chi connectivity index (χ0) is 23.0. The highest BCUT2D eigenvalue weighted by molar-refractivity contribution is 6.67. The van der Waals surface area contributed by atoms with Gasteiger partial charge in [-0.2, -0.15) is 0 Å². The number of pyridine rings is 2. The maximum atomic E-state index is 12.4. The molecule has 0 aliphatic rings. The molecule has 0 saturated carbocycles. The molecule has 0 fully saturated rings. The molecule has 10 radical (unpaired) electrons. The van der Waals surface area contributed by atoms with E-state index >= 15 is 0 Å². The highest BCUT2D eigenvalue weighted by atomic mass is 16.1. The van der Waals surface area contributed by atoms with Crippen LogP contribution in [-0.2, 0) is 11.8 Å². The second kappa shape index (κ2) is 8.57. The van der Waals surface area contributed by atoms with Crippen LogP contribution in [0.2, 0.25) is 0 Å². The van der Waals surface area contributed by atoms with Crippen molar-refractivity contribution in [1.29, 1.82) is 0 Å². The fourth-order valence-electron chi connectivity index (χ4n) is 3.23. The van der Waals surface area contributed by atoms with Gasteiger partial charge in [-0.25, -0.2) is 9.97 Å². The van der Waals surface area contributed by atoms with Crippen LogP contribution in [0.3, 0.4) is 0 Å². The fraction of sp³-hybridized carbons (Fsp3) is 0.0476. The van der Waals surface area contributed by atoms with Crippen LogP contribution in [0, 0.1) is 0 Å². The first-order chi connectivity index (χ1) is 15.3. The maximum Gasteiger partial charge on any atom is 0.249 e. The van der Waals surface area contributed by atoms with E-state index in [4.69, 9.17) is 39.2 Å². The molecular formula is C21H12B5N5O. The van der Waals surface area contributed by atoms with Crippen molar-refractivity contribution in [2.24, 2.45) is 7.05 Å². The molecule has 3 heterocycles. The van der Waals surface area contributed by atoms with Crippen molar-refractivity contribution in [1.82, 2.24) is 19.5 Å². The minimum Gasteiger partial charge on any atom is -0.332 e. The maximum absolute atomic E-state index is 12.4. The van der Waals surface area contributed by atoms with Crippen molar-refractivity contribution < 1.29 is 4.79 Å². The number of amides is 1.